The van der Waals surface area contributed by atoms with Crippen molar-refractivity contribution in [2.75, 3.05) is 18.8 Å². The third kappa shape index (κ3) is 5.60. The molecule has 0 fully saturated rings. The highest BCUT2D eigenvalue weighted by Gasteiger charge is 2.05. The maximum atomic E-state index is 5.87. The summed E-state index contributed by atoms with van der Waals surface area (Å²) in [5.41, 5.74) is 9.46. The van der Waals surface area contributed by atoms with E-state index < -0.39 is 0 Å². The fraction of sp³-hybridized carbons (Fsp3) is 0.368. The maximum absolute atomic E-state index is 5.87. The molecule has 0 aliphatic carbocycles. The highest BCUT2D eigenvalue weighted by molar-refractivity contribution is 5.40. The van der Waals surface area contributed by atoms with Crippen molar-refractivity contribution in [2.45, 2.75) is 32.7 Å². The Balaban J connectivity index is 1.84. The molecule has 0 unspecified atom stereocenters. The highest BCUT2D eigenvalue weighted by atomic mass is 15.1. The van der Waals surface area contributed by atoms with Gasteiger partial charge in [-0.15, -0.1) is 0 Å². The summed E-state index contributed by atoms with van der Waals surface area (Å²) in [6.07, 6.45) is 3.54. The van der Waals surface area contributed by atoms with Crippen LogP contribution in [-0.4, -0.2) is 18.0 Å². The minimum absolute atomic E-state index is 0.855. The molecule has 21 heavy (non-hydrogen) atoms. The number of nitrogens with zero attached hydrogens (tertiary/aromatic N) is 1. The van der Waals surface area contributed by atoms with Gasteiger partial charge in [0.2, 0.25) is 0 Å². The van der Waals surface area contributed by atoms with Gasteiger partial charge in [0.25, 0.3) is 0 Å². The van der Waals surface area contributed by atoms with Gasteiger partial charge in [-0.1, -0.05) is 49.4 Å². The van der Waals surface area contributed by atoms with Crippen LogP contribution in [0.15, 0.2) is 54.6 Å². The molecule has 0 radical (unpaired) electrons. The van der Waals surface area contributed by atoms with Crippen LogP contribution >= 0.6 is 0 Å². The van der Waals surface area contributed by atoms with Crippen LogP contribution in [0, 0.1) is 0 Å². The average Bonchev–Trinajstić information content (AvgIpc) is 2.48. The summed E-state index contributed by atoms with van der Waals surface area (Å²) in [4.78, 5) is 2.53. The van der Waals surface area contributed by atoms with Gasteiger partial charge in [-0.2, -0.15) is 0 Å². The molecule has 0 atom stereocenters. The molecule has 0 saturated carbocycles. The fourth-order valence-corrected chi connectivity index (χ4v) is 2.69. The predicted octanol–water partition coefficient (Wildman–Crippen LogP) is 4.11. The third-order valence-corrected chi connectivity index (χ3v) is 3.68. The molecule has 0 bridgehead atoms. The lowest BCUT2D eigenvalue weighted by atomic mass is 10.1. The van der Waals surface area contributed by atoms with Crippen molar-refractivity contribution < 1.29 is 0 Å². The lowest BCUT2D eigenvalue weighted by Crippen LogP contribution is -2.25. The fourth-order valence-electron chi connectivity index (χ4n) is 2.69. The Morgan fingerprint density at radius 3 is 2.38 bits per heavy atom. The zero-order chi connectivity index (χ0) is 14.9. The van der Waals surface area contributed by atoms with Gasteiger partial charge in [0.15, 0.2) is 0 Å². The van der Waals surface area contributed by atoms with Gasteiger partial charge in [-0.3, -0.25) is 4.90 Å². The smallest absolute Gasteiger partial charge is 0.0317 e. The molecule has 2 heteroatoms. The number of hydrogen-bond donors (Lipinski definition) is 1. The first-order valence-corrected chi connectivity index (χ1v) is 7.88. The first kappa shape index (κ1) is 15.6. The molecular weight excluding hydrogens is 256 g/mol. The number of nitrogens with two attached hydrogens (primary N) is 1. The topological polar surface area (TPSA) is 29.3 Å². The zero-order valence-corrected chi connectivity index (χ0v) is 13.0. The second-order valence-corrected chi connectivity index (χ2v) is 5.61. The maximum Gasteiger partial charge on any atom is 0.0317 e. The van der Waals surface area contributed by atoms with Crippen LogP contribution in [0.4, 0.5) is 5.69 Å². The normalized spacial score (nSPS) is 11.0. The van der Waals surface area contributed by atoms with Crippen molar-refractivity contribution >= 4 is 5.69 Å². The van der Waals surface area contributed by atoms with Gasteiger partial charge >= 0.3 is 0 Å². The third-order valence-electron chi connectivity index (χ3n) is 3.68. The molecule has 2 aromatic rings. The quantitative estimate of drug-likeness (QED) is 0.738. The molecule has 112 valence electrons. The summed E-state index contributed by atoms with van der Waals surface area (Å²) in [5, 5.41) is 0. The Hall–Kier alpha value is -1.80. The van der Waals surface area contributed by atoms with E-state index in [0.717, 1.165) is 31.7 Å². The van der Waals surface area contributed by atoms with Crippen molar-refractivity contribution in [3.05, 3.63) is 65.7 Å². The SMILES string of the molecule is CCCN(CCCc1ccccc1)Cc1cccc(N)c1. The van der Waals surface area contributed by atoms with Crippen LogP contribution in [0.2, 0.25) is 0 Å². The van der Waals surface area contributed by atoms with Crippen LogP contribution in [0.3, 0.4) is 0 Å². The Kier molecular flexibility index (Phi) is 6.29. The van der Waals surface area contributed by atoms with Gasteiger partial charge in [-0.05, 0) is 55.6 Å². The molecule has 2 nitrogen and oxygen atoms in total. The van der Waals surface area contributed by atoms with E-state index in [0.29, 0.717) is 0 Å². The summed E-state index contributed by atoms with van der Waals surface area (Å²) in [5.74, 6) is 0. The van der Waals surface area contributed by atoms with Crippen molar-refractivity contribution in [1.82, 2.24) is 4.90 Å². The Morgan fingerprint density at radius 1 is 0.905 bits per heavy atom. The molecule has 0 amide bonds. The number of nitrogen functional groups attached to an aromatic ring is 1. The molecule has 0 spiro atoms. The van der Waals surface area contributed by atoms with E-state index in [4.69, 9.17) is 5.73 Å². The summed E-state index contributed by atoms with van der Waals surface area (Å²) < 4.78 is 0. The van der Waals surface area contributed by atoms with Gasteiger partial charge in [-0.25, -0.2) is 0 Å². The second kappa shape index (κ2) is 8.48. The number of hydrogen-bond acceptors (Lipinski definition) is 2. The molecule has 2 rings (SSSR count). The lowest BCUT2D eigenvalue weighted by Gasteiger charge is -2.22. The van der Waals surface area contributed by atoms with Crippen molar-refractivity contribution in [1.29, 1.82) is 0 Å². The molecule has 0 saturated heterocycles. The van der Waals surface area contributed by atoms with E-state index >= 15 is 0 Å². The van der Waals surface area contributed by atoms with Crippen LogP contribution in [0.1, 0.15) is 30.9 Å². The summed E-state index contributed by atoms with van der Waals surface area (Å²) in [7, 11) is 0. The zero-order valence-electron chi connectivity index (χ0n) is 13.0. The molecule has 0 heterocycles. The molecule has 0 aromatic heterocycles. The van der Waals surface area contributed by atoms with Crippen molar-refractivity contribution in [3.8, 4) is 0 Å². The largest absolute Gasteiger partial charge is 0.399 e. The van der Waals surface area contributed by atoms with Crippen LogP contribution in [-0.2, 0) is 13.0 Å². The average molecular weight is 282 g/mol. The van der Waals surface area contributed by atoms with E-state index in [2.05, 4.69) is 54.3 Å². The minimum Gasteiger partial charge on any atom is -0.399 e. The summed E-state index contributed by atoms with van der Waals surface area (Å²) >= 11 is 0. The molecule has 2 N–H and O–H groups in total. The van der Waals surface area contributed by atoms with E-state index in [1.54, 1.807) is 0 Å². The van der Waals surface area contributed by atoms with Crippen molar-refractivity contribution in [3.63, 3.8) is 0 Å². The monoisotopic (exact) mass is 282 g/mol. The van der Waals surface area contributed by atoms with Gasteiger partial charge in [0, 0.05) is 12.2 Å². The number of anilines is 1. The Labute approximate surface area is 128 Å². The van der Waals surface area contributed by atoms with Gasteiger partial charge in [0.05, 0.1) is 0 Å². The number of rotatable bonds is 8. The van der Waals surface area contributed by atoms with E-state index in [-0.39, 0.29) is 0 Å². The number of benzene rings is 2. The standard InChI is InChI=1S/C19H26N2/c1-2-13-21(16-18-10-6-12-19(20)15-18)14-7-11-17-8-4-3-5-9-17/h3-6,8-10,12,15H,2,7,11,13-14,16,20H2,1H3. The van der Waals surface area contributed by atoms with E-state index in [1.807, 2.05) is 12.1 Å². The van der Waals surface area contributed by atoms with Gasteiger partial charge in [0.1, 0.15) is 0 Å². The predicted molar refractivity (Wildman–Crippen MR) is 91.2 cm³/mol. The summed E-state index contributed by atoms with van der Waals surface area (Å²) in [6, 6.07) is 19.0. The van der Waals surface area contributed by atoms with Gasteiger partial charge < -0.3 is 5.73 Å². The molecular formula is C19H26N2. The van der Waals surface area contributed by atoms with Crippen molar-refractivity contribution in [2.24, 2.45) is 0 Å². The van der Waals surface area contributed by atoms with Crippen LogP contribution in [0.5, 0.6) is 0 Å². The van der Waals surface area contributed by atoms with Crippen LogP contribution < -0.4 is 5.73 Å². The number of aryl methyl sites for hydroxylation is 1. The molecule has 0 aliphatic heterocycles. The molecule has 0 aliphatic rings. The Bertz CT molecular complexity index is 522. The van der Waals surface area contributed by atoms with E-state index in [1.165, 1.54) is 24.0 Å². The lowest BCUT2D eigenvalue weighted by molar-refractivity contribution is 0.263. The van der Waals surface area contributed by atoms with E-state index in [9.17, 15) is 0 Å². The first-order valence-electron chi connectivity index (χ1n) is 7.88. The Morgan fingerprint density at radius 2 is 1.67 bits per heavy atom. The first-order chi connectivity index (χ1) is 10.3. The minimum atomic E-state index is 0.855. The highest BCUT2D eigenvalue weighted by Crippen LogP contribution is 2.11. The summed E-state index contributed by atoms with van der Waals surface area (Å²) in [6.45, 7) is 5.51. The van der Waals surface area contributed by atoms with Crippen LogP contribution in [0.25, 0.3) is 0 Å². The molecule has 2 aromatic carbocycles. The second-order valence-electron chi connectivity index (χ2n) is 5.61.